The number of likely N-dealkylation sites (N-methyl/N-ethyl adjacent to an activating group) is 1. The summed E-state index contributed by atoms with van der Waals surface area (Å²) in [6, 6.07) is 16.6. The molecule has 18 nitrogen and oxygen atoms in total. The number of benzene rings is 3. The third-order valence-electron chi connectivity index (χ3n) is 11.0. The standard InChI is InChI=1S/C36H46N8O8.C7H6O2/c1-36(2,52)29-18-38-41-44(29)25-17-28(33(48)40-27(30(45)31(37)46)20-42(3)35(50)51)43(19-25)34(49)26(15-21-9-5-4-6-10-21)39-32(47)24-14-13-22-11-7-8-12-23(22)16-24;8-7(9)6-4-2-1-3-5-6/h7-8,11-14,16,18,21,25-28,52H,4-6,9-10,15,17,19-20H2,1-3H3,(H2,37,46)(H,39,47)(H,40,48)(H,50,51);1-5H,(H,8,9)/t25-,26+,27?,28-;/m0./s1. The molecule has 18 heteroatoms. The summed E-state index contributed by atoms with van der Waals surface area (Å²) >= 11 is 0. The van der Waals surface area contributed by atoms with Crippen LogP contribution >= 0.6 is 0 Å². The number of nitrogens with zero attached hydrogens (tertiary/aromatic N) is 5. The summed E-state index contributed by atoms with van der Waals surface area (Å²) in [5, 5.41) is 44.0. The lowest BCUT2D eigenvalue weighted by Gasteiger charge is -2.32. The number of rotatable bonds is 14. The van der Waals surface area contributed by atoms with E-state index in [2.05, 4.69) is 20.9 Å². The molecule has 324 valence electrons. The minimum absolute atomic E-state index is 0.0367. The molecule has 4 atom stereocenters. The number of nitrogens with two attached hydrogens (primary N) is 1. The first-order valence-corrected chi connectivity index (χ1v) is 20.0. The predicted molar refractivity (Wildman–Crippen MR) is 221 cm³/mol. The number of carbonyl (C=O) groups excluding carboxylic acids is 5. The summed E-state index contributed by atoms with van der Waals surface area (Å²) in [6.45, 7) is 2.45. The first-order valence-electron chi connectivity index (χ1n) is 20.0. The zero-order chi connectivity index (χ0) is 44.4. The van der Waals surface area contributed by atoms with Crippen LogP contribution < -0.4 is 16.4 Å². The number of fused-ring (bicyclic) bond motifs is 1. The first-order chi connectivity index (χ1) is 28.9. The van der Waals surface area contributed by atoms with Gasteiger partial charge in [0.05, 0.1) is 30.0 Å². The molecule has 0 radical (unpaired) electrons. The van der Waals surface area contributed by atoms with Gasteiger partial charge < -0.3 is 41.5 Å². The fourth-order valence-electron chi connectivity index (χ4n) is 7.75. The highest BCUT2D eigenvalue weighted by Gasteiger charge is 2.45. The number of hydrogen-bond donors (Lipinski definition) is 6. The van der Waals surface area contributed by atoms with Crippen LogP contribution in [0.5, 0.6) is 0 Å². The van der Waals surface area contributed by atoms with Crippen molar-refractivity contribution in [3.05, 3.63) is 95.8 Å². The monoisotopic (exact) mass is 840 g/mol. The molecular weight excluding hydrogens is 789 g/mol. The molecule has 2 aliphatic rings. The van der Waals surface area contributed by atoms with Gasteiger partial charge in [-0.15, -0.1) is 5.10 Å². The van der Waals surface area contributed by atoms with Crippen molar-refractivity contribution in [3.63, 3.8) is 0 Å². The van der Waals surface area contributed by atoms with E-state index in [1.54, 1.807) is 56.3 Å². The lowest BCUT2D eigenvalue weighted by Crippen LogP contribution is -2.58. The van der Waals surface area contributed by atoms with E-state index in [1.807, 2.05) is 30.3 Å². The smallest absolute Gasteiger partial charge is 0.407 e. The number of aliphatic hydroxyl groups is 1. The van der Waals surface area contributed by atoms with E-state index in [1.165, 1.54) is 15.8 Å². The van der Waals surface area contributed by atoms with E-state index in [-0.39, 0.29) is 18.9 Å². The third kappa shape index (κ3) is 11.7. The molecule has 1 unspecified atom stereocenters. The maximum Gasteiger partial charge on any atom is 0.407 e. The lowest BCUT2D eigenvalue weighted by atomic mass is 9.84. The van der Waals surface area contributed by atoms with Crippen LogP contribution in [-0.2, 0) is 24.8 Å². The summed E-state index contributed by atoms with van der Waals surface area (Å²) < 4.78 is 1.45. The van der Waals surface area contributed by atoms with Crippen LogP contribution in [0.15, 0.2) is 79.0 Å². The number of hydrogen-bond acceptors (Lipinski definition) is 10. The second-order valence-corrected chi connectivity index (χ2v) is 16.0. The Morgan fingerprint density at radius 3 is 2.13 bits per heavy atom. The molecule has 1 aliphatic heterocycles. The van der Waals surface area contributed by atoms with Crippen LogP contribution in [0, 0.1) is 5.92 Å². The van der Waals surface area contributed by atoms with E-state index in [0.717, 1.165) is 54.8 Å². The van der Waals surface area contributed by atoms with Crippen molar-refractivity contribution < 1.29 is 48.9 Å². The van der Waals surface area contributed by atoms with Crippen molar-refractivity contribution in [1.82, 2.24) is 35.4 Å². The number of primary amides is 1. The van der Waals surface area contributed by atoms with Crippen LogP contribution in [0.3, 0.4) is 0 Å². The second kappa shape index (κ2) is 20.0. The predicted octanol–water partition coefficient (Wildman–Crippen LogP) is 3.10. The van der Waals surface area contributed by atoms with Gasteiger partial charge in [0, 0.05) is 25.6 Å². The number of Topliss-reactive ketones (excluding diaryl/α,β-unsaturated/α-hetero) is 1. The van der Waals surface area contributed by atoms with E-state index in [4.69, 9.17) is 10.8 Å². The highest BCUT2D eigenvalue weighted by atomic mass is 16.4. The van der Waals surface area contributed by atoms with Gasteiger partial charge in [-0.3, -0.25) is 24.0 Å². The van der Waals surface area contributed by atoms with Gasteiger partial charge in [-0.05, 0) is 61.2 Å². The van der Waals surface area contributed by atoms with E-state index in [9.17, 15) is 43.8 Å². The molecule has 0 spiro atoms. The van der Waals surface area contributed by atoms with Crippen LogP contribution in [0.1, 0.15) is 91.2 Å². The average molecular weight is 841 g/mol. The zero-order valence-electron chi connectivity index (χ0n) is 34.3. The summed E-state index contributed by atoms with van der Waals surface area (Å²) in [7, 11) is 1.16. The molecule has 2 fully saturated rings. The number of carbonyl (C=O) groups is 7. The Bertz CT molecular complexity index is 2230. The molecule has 3 aromatic carbocycles. The Hall–Kier alpha value is -6.69. The van der Waals surface area contributed by atoms with Crippen molar-refractivity contribution in [2.45, 2.75) is 88.6 Å². The molecule has 1 saturated carbocycles. The fourth-order valence-corrected chi connectivity index (χ4v) is 7.75. The molecule has 1 saturated heterocycles. The van der Waals surface area contributed by atoms with E-state index in [0.29, 0.717) is 23.2 Å². The van der Waals surface area contributed by atoms with Crippen molar-refractivity contribution in [2.24, 2.45) is 11.7 Å². The highest BCUT2D eigenvalue weighted by Crippen LogP contribution is 2.33. The maximum atomic E-state index is 14.7. The largest absolute Gasteiger partial charge is 0.478 e. The van der Waals surface area contributed by atoms with Crippen molar-refractivity contribution in [2.75, 3.05) is 20.1 Å². The number of likely N-dealkylation sites (tertiary alicyclic amines) is 1. The Kier molecular flexibility index (Phi) is 14.9. The summed E-state index contributed by atoms with van der Waals surface area (Å²) in [4.78, 5) is 91.0. The van der Waals surface area contributed by atoms with Crippen LogP contribution in [0.2, 0.25) is 0 Å². The molecule has 4 aromatic rings. The Morgan fingerprint density at radius 1 is 0.869 bits per heavy atom. The van der Waals surface area contributed by atoms with Crippen molar-refractivity contribution in [1.29, 1.82) is 0 Å². The summed E-state index contributed by atoms with van der Waals surface area (Å²) in [5.74, 6) is -5.15. The van der Waals surface area contributed by atoms with Gasteiger partial charge in [0.15, 0.2) is 0 Å². The number of nitrogens with one attached hydrogen (secondary N) is 2. The molecule has 0 bridgehead atoms. The Labute approximate surface area is 352 Å². The molecule has 1 aromatic heterocycles. The van der Waals surface area contributed by atoms with Gasteiger partial charge in [0.2, 0.25) is 17.6 Å². The summed E-state index contributed by atoms with van der Waals surface area (Å²) in [5.41, 5.74) is 4.89. The summed E-state index contributed by atoms with van der Waals surface area (Å²) in [6.07, 6.45) is 5.10. The van der Waals surface area contributed by atoms with Gasteiger partial charge in [0.25, 0.3) is 11.8 Å². The van der Waals surface area contributed by atoms with Crippen LogP contribution in [0.25, 0.3) is 10.8 Å². The number of amides is 5. The molecule has 61 heavy (non-hydrogen) atoms. The van der Waals surface area contributed by atoms with Crippen molar-refractivity contribution in [3.8, 4) is 0 Å². The second-order valence-electron chi connectivity index (χ2n) is 16.0. The number of carboxylic acids is 1. The zero-order valence-corrected chi connectivity index (χ0v) is 34.3. The normalized spacial score (nSPS) is 17.6. The van der Waals surface area contributed by atoms with Gasteiger partial charge in [0.1, 0.15) is 23.7 Å². The van der Waals surface area contributed by atoms with Gasteiger partial charge >= 0.3 is 12.1 Å². The highest BCUT2D eigenvalue weighted by molar-refractivity contribution is 6.38. The molecule has 5 amide bonds. The minimum Gasteiger partial charge on any atom is -0.478 e. The van der Waals surface area contributed by atoms with Gasteiger partial charge in [-0.25, -0.2) is 14.3 Å². The quantitative estimate of drug-likeness (QED) is 0.100. The lowest BCUT2D eigenvalue weighted by molar-refractivity contribution is -0.142. The van der Waals surface area contributed by atoms with Gasteiger partial charge in [-0.1, -0.05) is 85.8 Å². The molecular formula is C43H52N8O10. The molecule has 7 N–H and O–H groups in total. The fraction of sp³-hybridized carbons (Fsp3) is 0.419. The molecule has 2 heterocycles. The molecule has 1 aliphatic carbocycles. The molecule has 6 rings (SSSR count). The Balaban J connectivity index is 0.000000693. The number of aromatic carboxylic acids is 1. The number of aromatic nitrogens is 3. The van der Waals surface area contributed by atoms with Crippen LogP contribution in [0.4, 0.5) is 4.79 Å². The number of carboxylic acid groups (broad SMARTS) is 2. The Morgan fingerprint density at radius 2 is 1.52 bits per heavy atom. The first kappa shape index (κ1) is 45.4. The topological polar surface area (TPSA) is 267 Å². The van der Waals surface area contributed by atoms with Gasteiger partial charge in [-0.2, -0.15) is 0 Å². The average Bonchev–Trinajstić information content (AvgIpc) is 3.92. The van der Waals surface area contributed by atoms with E-state index >= 15 is 0 Å². The van der Waals surface area contributed by atoms with Crippen molar-refractivity contribution >= 4 is 52.2 Å². The maximum absolute atomic E-state index is 14.7. The minimum atomic E-state index is -1.63. The SMILES string of the molecule is CN(CC(NC(=O)[C@@H]1C[C@H](n2nncc2C(C)(C)O)CN1C(=O)[C@@H](CC1CCCCC1)NC(=O)c1ccc2ccccc2c1)C(=O)C(N)=O)C(=O)O.O=C(O)c1ccccc1. The van der Waals surface area contributed by atoms with Crippen LogP contribution in [-0.4, -0.2) is 120 Å². The van der Waals surface area contributed by atoms with E-state index < -0.39 is 77.8 Å². The third-order valence-corrected chi connectivity index (χ3v) is 11.0. The number of ketones is 1.